The van der Waals surface area contributed by atoms with Crippen LogP contribution in [-0.2, 0) is 0 Å². The largest absolute Gasteiger partial charge is 0.300 e. The molecule has 0 amide bonds. The molecule has 0 aliphatic carbocycles. The number of hydrogen-bond acceptors (Lipinski definition) is 4. The summed E-state index contributed by atoms with van der Waals surface area (Å²) in [5.74, 6) is 0.791. The number of rotatable bonds is 5. The molecule has 1 atom stereocenters. The summed E-state index contributed by atoms with van der Waals surface area (Å²) in [5.41, 5.74) is 3.13. The van der Waals surface area contributed by atoms with E-state index < -0.39 is 0 Å². The first-order valence-electron chi connectivity index (χ1n) is 8.34. The molecule has 0 N–H and O–H groups in total. The van der Waals surface area contributed by atoms with Crippen molar-refractivity contribution in [3.63, 3.8) is 0 Å². The number of para-hydroxylation sites is 1. The van der Waals surface area contributed by atoms with E-state index in [2.05, 4.69) is 17.9 Å². The van der Waals surface area contributed by atoms with Gasteiger partial charge in [0, 0.05) is 5.56 Å². The second-order valence-electron chi connectivity index (χ2n) is 6.30. The molecule has 3 aromatic rings. The van der Waals surface area contributed by atoms with E-state index in [1.165, 1.54) is 0 Å². The molecule has 0 saturated heterocycles. The van der Waals surface area contributed by atoms with Crippen LogP contribution in [0.4, 0.5) is 0 Å². The normalized spacial score (nSPS) is 12.3. The Morgan fingerprint density at radius 2 is 2.12 bits per heavy atom. The third kappa shape index (κ3) is 2.98. The average Bonchev–Trinajstić information content (AvgIpc) is 2.99. The summed E-state index contributed by atoms with van der Waals surface area (Å²) >= 11 is 6.49. The highest BCUT2D eigenvalue weighted by Crippen LogP contribution is 2.34. The van der Waals surface area contributed by atoms with Gasteiger partial charge in [-0.15, -0.1) is 0 Å². The van der Waals surface area contributed by atoms with E-state index in [4.69, 9.17) is 16.6 Å². The Kier molecular flexibility index (Phi) is 5.08. The number of imidazole rings is 1. The minimum Gasteiger partial charge on any atom is -0.300 e. The number of carbonyl (C=O) groups is 1. The zero-order chi connectivity index (χ0) is 18.8. The first-order chi connectivity index (χ1) is 12.5. The van der Waals surface area contributed by atoms with Crippen molar-refractivity contribution in [1.82, 2.24) is 14.5 Å². The van der Waals surface area contributed by atoms with E-state index in [1.807, 2.05) is 24.7 Å². The minimum atomic E-state index is 0.0312. The molecular weight excluding hydrogens is 348 g/mol. The number of benzene rings is 2. The van der Waals surface area contributed by atoms with E-state index in [1.54, 1.807) is 30.3 Å². The molecule has 0 saturated carbocycles. The van der Waals surface area contributed by atoms with Gasteiger partial charge in [0.15, 0.2) is 6.29 Å². The molecular formula is C20H19ClN4O. The van der Waals surface area contributed by atoms with Gasteiger partial charge in [-0.25, -0.2) is 4.98 Å². The third-order valence-electron chi connectivity index (χ3n) is 4.49. The topological polar surface area (TPSA) is 61.9 Å². The van der Waals surface area contributed by atoms with E-state index in [-0.39, 0.29) is 6.04 Å². The minimum absolute atomic E-state index is 0.0312. The van der Waals surface area contributed by atoms with Crippen LogP contribution < -0.4 is 0 Å². The van der Waals surface area contributed by atoms with Gasteiger partial charge in [-0.2, -0.15) is 5.26 Å². The van der Waals surface area contributed by atoms with Crippen LogP contribution in [-0.4, -0.2) is 34.8 Å². The first-order valence-corrected chi connectivity index (χ1v) is 8.72. The highest BCUT2D eigenvalue weighted by atomic mass is 35.5. The average molecular weight is 367 g/mol. The van der Waals surface area contributed by atoms with Crippen LogP contribution >= 0.6 is 11.6 Å². The van der Waals surface area contributed by atoms with Crippen LogP contribution in [0.2, 0.25) is 5.02 Å². The van der Waals surface area contributed by atoms with E-state index >= 15 is 0 Å². The zero-order valence-electron chi connectivity index (χ0n) is 14.9. The quantitative estimate of drug-likeness (QED) is 0.629. The number of aromatic nitrogens is 2. The molecule has 1 heterocycles. The predicted molar refractivity (Wildman–Crippen MR) is 103 cm³/mol. The van der Waals surface area contributed by atoms with Crippen LogP contribution in [0.5, 0.6) is 0 Å². The lowest BCUT2D eigenvalue weighted by atomic mass is 10.1. The Labute approximate surface area is 157 Å². The Hall–Kier alpha value is -2.68. The molecule has 1 unspecified atom stereocenters. The van der Waals surface area contributed by atoms with Crippen molar-refractivity contribution in [3.05, 3.63) is 58.4 Å². The van der Waals surface area contributed by atoms with Gasteiger partial charge in [-0.05, 0) is 50.8 Å². The van der Waals surface area contributed by atoms with Crippen molar-refractivity contribution in [1.29, 1.82) is 5.26 Å². The van der Waals surface area contributed by atoms with E-state index in [0.29, 0.717) is 21.8 Å². The van der Waals surface area contributed by atoms with Crippen molar-refractivity contribution in [3.8, 4) is 11.8 Å². The second kappa shape index (κ2) is 7.28. The van der Waals surface area contributed by atoms with Gasteiger partial charge in [0.25, 0.3) is 0 Å². The molecule has 2 aromatic carbocycles. The fraction of sp³-hybridized carbons (Fsp3) is 0.250. The number of aldehydes is 1. The molecule has 0 aliphatic heterocycles. The maximum absolute atomic E-state index is 11.7. The summed E-state index contributed by atoms with van der Waals surface area (Å²) in [6.45, 7) is 2.09. The third-order valence-corrected chi connectivity index (χ3v) is 4.79. The first kappa shape index (κ1) is 18.1. The Bertz CT molecular complexity index is 1020. The molecule has 0 aliphatic rings. The van der Waals surface area contributed by atoms with Gasteiger partial charge in [0.1, 0.15) is 5.82 Å². The van der Waals surface area contributed by atoms with Crippen molar-refractivity contribution < 1.29 is 4.79 Å². The standard InChI is InChI=1S/C20H19ClN4O/c1-4-17(24(2)3)20-23-16-9-8-13(11-22)10-18(16)25(20)19-14(12-26)6-5-7-15(19)21/h5-10,12,17H,4H2,1-3H3. The number of carbonyl (C=O) groups excluding carboxylic acids is 1. The van der Waals surface area contributed by atoms with Gasteiger partial charge < -0.3 is 0 Å². The fourth-order valence-electron chi connectivity index (χ4n) is 3.26. The van der Waals surface area contributed by atoms with Crippen LogP contribution in [0.3, 0.4) is 0 Å². The molecule has 26 heavy (non-hydrogen) atoms. The number of halogens is 1. The lowest BCUT2D eigenvalue weighted by molar-refractivity contribution is 0.112. The molecule has 1 aromatic heterocycles. The molecule has 3 rings (SSSR count). The van der Waals surface area contributed by atoms with Crippen molar-refractivity contribution in [2.75, 3.05) is 14.1 Å². The molecule has 5 nitrogen and oxygen atoms in total. The Morgan fingerprint density at radius 3 is 2.73 bits per heavy atom. The lowest BCUT2D eigenvalue weighted by Gasteiger charge is -2.24. The summed E-state index contributed by atoms with van der Waals surface area (Å²) in [6.07, 6.45) is 1.63. The van der Waals surface area contributed by atoms with Gasteiger partial charge in [0.05, 0.1) is 39.4 Å². The predicted octanol–water partition coefficient (Wildman–Crippen LogP) is 4.38. The SMILES string of the molecule is CCC(c1nc2ccc(C#N)cc2n1-c1c(Cl)cccc1C=O)N(C)C. The summed E-state index contributed by atoms with van der Waals surface area (Å²) in [6, 6.07) is 12.8. The monoisotopic (exact) mass is 366 g/mol. The molecule has 0 fully saturated rings. The van der Waals surface area contributed by atoms with Gasteiger partial charge in [0.2, 0.25) is 0 Å². The van der Waals surface area contributed by atoms with E-state index in [0.717, 1.165) is 29.6 Å². The van der Waals surface area contributed by atoms with Crippen LogP contribution in [0.1, 0.15) is 41.1 Å². The summed E-state index contributed by atoms with van der Waals surface area (Å²) in [5, 5.41) is 9.76. The molecule has 0 radical (unpaired) electrons. The van der Waals surface area contributed by atoms with Gasteiger partial charge in [-0.1, -0.05) is 24.6 Å². The molecule has 132 valence electrons. The molecule has 0 bridgehead atoms. The van der Waals surface area contributed by atoms with Gasteiger partial charge in [-0.3, -0.25) is 14.3 Å². The van der Waals surface area contributed by atoms with Crippen LogP contribution in [0.15, 0.2) is 36.4 Å². The van der Waals surface area contributed by atoms with Crippen LogP contribution in [0.25, 0.3) is 16.7 Å². The maximum Gasteiger partial charge on any atom is 0.152 e. The Balaban J connectivity index is 2.45. The summed E-state index contributed by atoms with van der Waals surface area (Å²) < 4.78 is 1.91. The highest BCUT2D eigenvalue weighted by Gasteiger charge is 2.24. The van der Waals surface area contributed by atoms with Crippen molar-refractivity contribution in [2.24, 2.45) is 0 Å². The second-order valence-corrected chi connectivity index (χ2v) is 6.71. The fourth-order valence-corrected chi connectivity index (χ4v) is 3.53. The lowest BCUT2D eigenvalue weighted by Crippen LogP contribution is -2.23. The number of hydrogen-bond donors (Lipinski definition) is 0. The smallest absolute Gasteiger partial charge is 0.152 e. The molecule has 0 spiro atoms. The van der Waals surface area contributed by atoms with Gasteiger partial charge >= 0.3 is 0 Å². The van der Waals surface area contributed by atoms with Crippen molar-refractivity contribution >= 4 is 28.9 Å². The zero-order valence-corrected chi connectivity index (χ0v) is 15.7. The number of nitrogens with zero attached hydrogens (tertiary/aromatic N) is 4. The molecule has 6 heteroatoms. The highest BCUT2D eigenvalue weighted by molar-refractivity contribution is 6.33. The van der Waals surface area contributed by atoms with Crippen molar-refractivity contribution in [2.45, 2.75) is 19.4 Å². The van der Waals surface area contributed by atoms with E-state index in [9.17, 15) is 10.1 Å². The summed E-state index contributed by atoms with van der Waals surface area (Å²) in [7, 11) is 3.98. The number of nitriles is 1. The maximum atomic E-state index is 11.7. The number of fused-ring (bicyclic) bond motifs is 1. The Morgan fingerprint density at radius 1 is 1.35 bits per heavy atom. The summed E-state index contributed by atoms with van der Waals surface area (Å²) in [4.78, 5) is 18.6. The van der Waals surface area contributed by atoms with Crippen LogP contribution in [0, 0.1) is 11.3 Å².